The minimum atomic E-state index is -0.530. The summed E-state index contributed by atoms with van der Waals surface area (Å²) >= 11 is 0. The molecule has 7 nitrogen and oxygen atoms in total. The lowest BCUT2D eigenvalue weighted by molar-refractivity contribution is -0.126. The molecule has 2 aromatic rings. The van der Waals surface area contributed by atoms with E-state index in [4.69, 9.17) is 10.5 Å². The summed E-state index contributed by atoms with van der Waals surface area (Å²) in [6.07, 6.45) is 4.52. The molecule has 0 radical (unpaired) electrons. The highest BCUT2D eigenvalue weighted by Gasteiger charge is 2.26. The molecule has 1 fully saturated rings. The van der Waals surface area contributed by atoms with Gasteiger partial charge in [-0.15, -0.1) is 0 Å². The number of nitrogens with zero attached hydrogens (tertiary/aromatic N) is 2. The van der Waals surface area contributed by atoms with Crippen LogP contribution in [0.3, 0.4) is 0 Å². The van der Waals surface area contributed by atoms with Crippen LogP contribution in [0, 0.1) is 0 Å². The molecule has 3 rings (SSSR count). The van der Waals surface area contributed by atoms with Gasteiger partial charge in [0.2, 0.25) is 5.91 Å². The lowest BCUT2D eigenvalue weighted by atomic mass is 10.0. The lowest BCUT2D eigenvalue weighted by Crippen LogP contribution is -2.34. The van der Waals surface area contributed by atoms with Crippen LogP contribution in [0.15, 0.2) is 31.1 Å². The Morgan fingerprint density at radius 3 is 3.09 bits per heavy atom. The molecule has 0 saturated carbocycles. The van der Waals surface area contributed by atoms with E-state index < -0.39 is 5.91 Å². The molecule has 1 aliphatic heterocycles. The standard InChI is InChI=1S/C16H18N4O3/c1-2-13(21)20-5-6-23-9-10(8-20)14-11-3-4-18-15(11)12(7-19-14)16(17)22/h2-4,7,10,18H,1,5-6,8-9H2,(H2,17,22)/t10-/m1/s1. The fraction of sp³-hybridized carbons (Fsp3) is 0.312. The Kier molecular flexibility index (Phi) is 4.12. The molecule has 2 amide bonds. The first-order valence-corrected chi connectivity index (χ1v) is 7.36. The molecule has 23 heavy (non-hydrogen) atoms. The number of hydrogen-bond acceptors (Lipinski definition) is 4. The number of aromatic amines is 1. The highest BCUT2D eigenvalue weighted by Crippen LogP contribution is 2.27. The SMILES string of the molecule is C=CC(=O)N1CCOC[C@H](c2ncc(C(N)=O)c3[nH]ccc23)C1. The van der Waals surface area contributed by atoms with Gasteiger partial charge < -0.3 is 20.4 Å². The van der Waals surface area contributed by atoms with Crippen molar-refractivity contribution >= 4 is 22.7 Å². The molecule has 2 aromatic heterocycles. The van der Waals surface area contributed by atoms with Crippen molar-refractivity contribution in [2.45, 2.75) is 5.92 Å². The highest BCUT2D eigenvalue weighted by molar-refractivity contribution is 6.05. The van der Waals surface area contributed by atoms with Gasteiger partial charge in [-0.1, -0.05) is 6.58 Å². The average molecular weight is 314 g/mol. The molecule has 120 valence electrons. The number of primary amides is 1. The third-order valence-corrected chi connectivity index (χ3v) is 4.03. The van der Waals surface area contributed by atoms with Crippen LogP contribution < -0.4 is 5.73 Å². The van der Waals surface area contributed by atoms with E-state index in [1.54, 1.807) is 11.1 Å². The molecule has 0 bridgehead atoms. The van der Waals surface area contributed by atoms with E-state index in [9.17, 15) is 9.59 Å². The van der Waals surface area contributed by atoms with Crippen molar-refractivity contribution in [3.8, 4) is 0 Å². The summed E-state index contributed by atoms with van der Waals surface area (Å²) in [7, 11) is 0. The summed E-state index contributed by atoms with van der Waals surface area (Å²) in [5, 5.41) is 0.822. The van der Waals surface area contributed by atoms with E-state index in [-0.39, 0.29) is 11.8 Å². The van der Waals surface area contributed by atoms with E-state index in [2.05, 4.69) is 16.5 Å². The Bertz CT molecular complexity index is 768. The zero-order valence-corrected chi connectivity index (χ0v) is 12.6. The quantitative estimate of drug-likeness (QED) is 0.818. The topological polar surface area (TPSA) is 101 Å². The Morgan fingerprint density at radius 2 is 2.35 bits per heavy atom. The number of ether oxygens (including phenoxy) is 1. The van der Waals surface area contributed by atoms with Crippen LogP contribution in [-0.2, 0) is 9.53 Å². The van der Waals surface area contributed by atoms with Crippen molar-refractivity contribution in [2.24, 2.45) is 5.73 Å². The van der Waals surface area contributed by atoms with Gasteiger partial charge in [0.15, 0.2) is 0 Å². The van der Waals surface area contributed by atoms with Crippen molar-refractivity contribution < 1.29 is 14.3 Å². The molecular formula is C16H18N4O3. The number of rotatable bonds is 3. The number of nitrogens with two attached hydrogens (primary N) is 1. The Labute approximate surface area is 133 Å². The second-order valence-corrected chi connectivity index (χ2v) is 5.45. The van der Waals surface area contributed by atoms with Crippen molar-refractivity contribution in [3.05, 3.63) is 42.4 Å². The van der Waals surface area contributed by atoms with Crippen molar-refractivity contribution in [3.63, 3.8) is 0 Å². The van der Waals surface area contributed by atoms with Crippen LogP contribution in [0.4, 0.5) is 0 Å². The maximum Gasteiger partial charge on any atom is 0.252 e. The summed E-state index contributed by atoms with van der Waals surface area (Å²) in [6.45, 7) is 5.49. The Morgan fingerprint density at radius 1 is 1.52 bits per heavy atom. The zero-order chi connectivity index (χ0) is 16.4. The summed E-state index contributed by atoms with van der Waals surface area (Å²) in [6, 6.07) is 1.86. The third kappa shape index (κ3) is 2.83. The van der Waals surface area contributed by atoms with Gasteiger partial charge in [-0.2, -0.15) is 0 Å². The number of H-pyrrole nitrogens is 1. The van der Waals surface area contributed by atoms with E-state index in [1.807, 2.05) is 6.07 Å². The van der Waals surface area contributed by atoms with Gasteiger partial charge in [0, 0.05) is 36.8 Å². The number of hydrogen-bond donors (Lipinski definition) is 2. The van der Waals surface area contributed by atoms with Gasteiger partial charge in [0.25, 0.3) is 5.91 Å². The molecule has 0 aliphatic carbocycles. The van der Waals surface area contributed by atoms with Crippen LogP contribution in [-0.4, -0.2) is 53.0 Å². The fourth-order valence-electron chi connectivity index (χ4n) is 2.89. The second kappa shape index (κ2) is 6.21. The number of amides is 2. The average Bonchev–Trinajstić information content (AvgIpc) is 2.90. The first kappa shape index (κ1) is 15.2. The third-order valence-electron chi connectivity index (χ3n) is 4.03. The molecule has 0 unspecified atom stereocenters. The van der Waals surface area contributed by atoms with E-state index >= 15 is 0 Å². The number of fused-ring (bicyclic) bond motifs is 1. The predicted octanol–water partition coefficient (Wildman–Crippen LogP) is 0.790. The largest absolute Gasteiger partial charge is 0.379 e. The smallest absolute Gasteiger partial charge is 0.252 e. The van der Waals surface area contributed by atoms with Crippen molar-refractivity contribution in [1.29, 1.82) is 0 Å². The summed E-state index contributed by atoms with van der Waals surface area (Å²) in [5.41, 5.74) is 7.18. The van der Waals surface area contributed by atoms with Crippen LogP contribution in [0.25, 0.3) is 10.9 Å². The minimum absolute atomic E-state index is 0.0818. The van der Waals surface area contributed by atoms with Gasteiger partial charge in [0.1, 0.15) is 0 Å². The summed E-state index contributed by atoms with van der Waals surface area (Å²) < 4.78 is 5.62. The Hall–Kier alpha value is -2.67. The van der Waals surface area contributed by atoms with Gasteiger partial charge in [-0.05, 0) is 12.1 Å². The maximum absolute atomic E-state index is 11.9. The van der Waals surface area contributed by atoms with Gasteiger partial charge in [0.05, 0.1) is 30.0 Å². The molecule has 0 aromatic carbocycles. The van der Waals surface area contributed by atoms with Crippen LogP contribution >= 0.6 is 0 Å². The molecular weight excluding hydrogens is 296 g/mol. The molecule has 3 N–H and O–H groups in total. The zero-order valence-electron chi connectivity index (χ0n) is 12.6. The van der Waals surface area contributed by atoms with Crippen molar-refractivity contribution in [1.82, 2.24) is 14.9 Å². The predicted molar refractivity (Wildman–Crippen MR) is 84.9 cm³/mol. The maximum atomic E-state index is 11.9. The molecule has 1 saturated heterocycles. The van der Waals surface area contributed by atoms with Crippen LogP contribution in [0.1, 0.15) is 22.0 Å². The van der Waals surface area contributed by atoms with Gasteiger partial charge in [-0.3, -0.25) is 14.6 Å². The number of carbonyl (C=O) groups is 2. The normalized spacial score (nSPS) is 18.6. The number of nitrogens with one attached hydrogen (secondary N) is 1. The summed E-state index contributed by atoms with van der Waals surface area (Å²) in [4.78, 5) is 32.6. The number of pyridine rings is 1. The van der Waals surface area contributed by atoms with E-state index in [0.29, 0.717) is 37.4 Å². The fourth-order valence-corrected chi connectivity index (χ4v) is 2.89. The van der Waals surface area contributed by atoms with E-state index in [1.165, 1.54) is 12.3 Å². The van der Waals surface area contributed by atoms with E-state index in [0.717, 1.165) is 11.1 Å². The number of carbonyl (C=O) groups excluding carboxylic acids is 2. The van der Waals surface area contributed by atoms with Crippen LogP contribution in [0.2, 0.25) is 0 Å². The van der Waals surface area contributed by atoms with Gasteiger partial charge in [-0.25, -0.2) is 0 Å². The second-order valence-electron chi connectivity index (χ2n) is 5.45. The lowest BCUT2D eigenvalue weighted by Gasteiger charge is -2.22. The molecule has 7 heteroatoms. The first-order chi connectivity index (χ1) is 11.1. The van der Waals surface area contributed by atoms with Crippen molar-refractivity contribution in [2.75, 3.05) is 26.3 Å². The first-order valence-electron chi connectivity index (χ1n) is 7.36. The Balaban J connectivity index is 2.00. The molecule has 1 atom stereocenters. The molecule has 1 aliphatic rings. The number of aromatic nitrogens is 2. The van der Waals surface area contributed by atoms with Crippen LogP contribution in [0.5, 0.6) is 0 Å². The monoisotopic (exact) mass is 314 g/mol. The highest BCUT2D eigenvalue weighted by atomic mass is 16.5. The minimum Gasteiger partial charge on any atom is -0.379 e. The molecule has 3 heterocycles. The summed E-state index contributed by atoms with van der Waals surface area (Å²) in [5.74, 6) is -0.738. The molecule has 0 spiro atoms. The van der Waals surface area contributed by atoms with Gasteiger partial charge >= 0.3 is 0 Å².